The van der Waals surface area contributed by atoms with E-state index >= 15 is 0 Å². The molecule has 0 aliphatic heterocycles. The first kappa shape index (κ1) is 14.8. The molecule has 0 spiro atoms. The number of halogens is 2. The van der Waals surface area contributed by atoms with Crippen LogP contribution >= 0.6 is 0 Å². The van der Waals surface area contributed by atoms with Crippen molar-refractivity contribution in [1.82, 2.24) is 0 Å². The minimum absolute atomic E-state index is 0.171. The van der Waals surface area contributed by atoms with Gasteiger partial charge in [-0.3, -0.25) is 0 Å². The fourth-order valence-electron chi connectivity index (χ4n) is 2.05. The van der Waals surface area contributed by atoms with Crippen LogP contribution in [0.1, 0.15) is 11.1 Å². The Balaban J connectivity index is 2.30. The second kappa shape index (κ2) is 6.21. The Morgan fingerprint density at radius 1 is 1.14 bits per heavy atom. The van der Waals surface area contributed by atoms with Crippen LogP contribution in [0.4, 0.5) is 14.5 Å². The highest BCUT2D eigenvalue weighted by molar-refractivity contribution is 6.02. The number of rotatable bonds is 4. The van der Waals surface area contributed by atoms with Crippen molar-refractivity contribution in [2.24, 2.45) is 10.9 Å². The zero-order chi connectivity index (χ0) is 15.4. The second-order valence-electron chi connectivity index (χ2n) is 4.63. The molecule has 0 radical (unpaired) electrons. The molecule has 0 saturated carbocycles. The molecular weight excluding hydrogens is 276 g/mol. The third kappa shape index (κ3) is 3.47. The Hall–Kier alpha value is -2.63. The average Bonchev–Trinajstić information content (AvgIpc) is 2.48. The minimum atomic E-state index is -0.476. The number of oxime groups is 1. The van der Waals surface area contributed by atoms with Crippen LogP contribution in [0.2, 0.25) is 0 Å². The van der Waals surface area contributed by atoms with Crippen molar-refractivity contribution in [3.63, 3.8) is 0 Å². The van der Waals surface area contributed by atoms with Crippen LogP contribution in [-0.4, -0.2) is 18.1 Å². The van der Waals surface area contributed by atoms with Gasteiger partial charge in [0.15, 0.2) is 5.84 Å². The molecule has 0 aromatic heterocycles. The third-order valence-corrected chi connectivity index (χ3v) is 3.09. The SMILES string of the molecule is CN(Cc1ccc(F)cc1)c1ccc(F)cc1C(N)=NO. The summed E-state index contributed by atoms with van der Waals surface area (Å²) in [6, 6.07) is 10.1. The summed E-state index contributed by atoms with van der Waals surface area (Å²) in [5, 5.41) is 11.7. The Labute approximate surface area is 121 Å². The zero-order valence-electron chi connectivity index (χ0n) is 11.4. The molecule has 110 valence electrons. The van der Waals surface area contributed by atoms with E-state index in [2.05, 4.69) is 5.16 Å². The number of benzene rings is 2. The highest BCUT2D eigenvalue weighted by Gasteiger charge is 2.13. The lowest BCUT2D eigenvalue weighted by molar-refractivity contribution is 0.318. The van der Waals surface area contributed by atoms with Crippen molar-refractivity contribution in [3.8, 4) is 0 Å². The lowest BCUT2D eigenvalue weighted by atomic mass is 10.1. The molecule has 21 heavy (non-hydrogen) atoms. The summed E-state index contributed by atoms with van der Waals surface area (Å²) >= 11 is 0. The fourth-order valence-corrected chi connectivity index (χ4v) is 2.05. The molecule has 0 saturated heterocycles. The predicted molar refractivity (Wildman–Crippen MR) is 77.4 cm³/mol. The lowest BCUT2D eigenvalue weighted by Gasteiger charge is -2.22. The van der Waals surface area contributed by atoms with Crippen molar-refractivity contribution in [3.05, 3.63) is 65.2 Å². The summed E-state index contributed by atoms with van der Waals surface area (Å²) in [6.45, 7) is 0.470. The van der Waals surface area contributed by atoms with E-state index in [4.69, 9.17) is 10.9 Å². The Morgan fingerprint density at radius 3 is 2.38 bits per heavy atom. The average molecular weight is 291 g/mol. The molecule has 4 nitrogen and oxygen atoms in total. The van der Waals surface area contributed by atoms with E-state index < -0.39 is 5.82 Å². The van der Waals surface area contributed by atoms with Gasteiger partial charge in [0.1, 0.15) is 11.6 Å². The molecule has 2 rings (SSSR count). The van der Waals surface area contributed by atoms with Gasteiger partial charge in [0.2, 0.25) is 0 Å². The summed E-state index contributed by atoms with van der Waals surface area (Å²) in [5.74, 6) is -0.952. The molecular formula is C15H15F2N3O. The first-order valence-corrected chi connectivity index (χ1v) is 6.24. The Bertz CT molecular complexity index is 656. The largest absolute Gasteiger partial charge is 0.409 e. The van der Waals surface area contributed by atoms with Gasteiger partial charge in [-0.25, -0.2) is 8.78 Å². The van der Waals surface area contributed by atoms with Gasteiger partial charge < -0.3 is 15.8 Å². The highest BCUT2D eigenvalue weighted by Crippen LogP contribution is 2.22. The van der Waals surface area contributed by atoms with Crippen molar-refractivity contribution in [1.29, 1.82) is 0 Å². The summed E-state index contributed by atoms with van der Waals surface area (Å²) in [7, 11) is 1.78. The fraction of sp³-hybridized carbons (Fsp3) is 0.133. The van der Waals surface area contributed by atoms with E-state index in [1.54, 1.807) is 30.1 Å². The first-order valence-electron chi connectivity index (χ1n) is 6.24. The molecule has 3 N–H and O–H groups in total. The molecule has 0 amide bonds. The molecule has 2 aromatic rings. The molecule has 2 aromatic carbocycles. The van der Waals surface area contributed by atoms with Crippen molar-refractivity contribution in [2.45, 2.75) is 6.54 Å². The Kier molecular flexibility index (Phi) is 4.37. The van der Waals surface area contributed by atoms with Crippen LogP contribution in [0.3, 0.4) is 0 Å². The van der Waals surface area contributed by atoms with Crippen LogP contribution in [-0.2, 0) is 6.54 Å². The van der Waals surface area contributed by atoms with E-state index in [-0.39, 0.29) is 11.7 Å². The number of hydrogen-bond acceptors (Lipinski definition) is 3. The topological polar surface area (TPSA) is 61.8 Å². The molecule has 0 atom stereocenters. The van der Waals surface area contributed by atoms with Crippen molar-refractivity contribution < 1.29 is 14.0 Å². The quantitative estimate of drug-likeness (QED) is 0.394. The van der Waals surface area contributed by atoms with Crippen molar-refractivity contribution in [2.75, 3.05) is 11.9 Å². The van der Waals surface area contributed by atoms with Gasteiger partial charge in [-0.05, 0) is 35.9 Å². The monoisotopic (exact) mass is 291 g/mol. The molecule has 0 aliphatic carbocycles. The van der Waals surface area contributed by atoms with Crippen LogP contribution in [0, 0.1) is 11.6 Å². The van der Waals surface area contributed by atoms with E-state index in [1.165, 1.54) is 24.3 Å². The second-order valence-corrected chi connectivity index (χ2v) is 4.63. The maximum Gasteiger partial charge on any atom is 0.172 e. The van der Waals surface area contributed by atoms with Gasteiger partial charge in [0, 0.05) is 24.8 Å². The van der Waals surface area contributed by atoms with E-state index in [9.17, 15) is 8.78 Å². The Morgan fingerprint density at radius 2 is 1.76 bits per heavy atom. The number of hydrogen-bond donors (Lipinski definition) is 2. The summed E-state index contributed by atoms with van der Waals surface area (Å²) in [6.07, 6.45) is 0. The normalized spacial score (nSPS) is 11.5. The molecule has 0 aliphatic rings. The van der Waals surface area contributed by atoms with Crippen LogP contribution in [0.5, 0.6) is 0 Å². The standard InChI is InChI=1S/C15H15F2N3O/c1-20(9-10-2-4-11(16)5-3-10)14-7-6-12(17)8-13(14)15(18)19-21/h2-8,21H,9H2,1H3,(H2,18,19). The van der Waals surface area contributed by atoms with E-state index in [1.807, 2.05) is 0 Å². The molecule has 0 heterocycles. The number of nitrogens with two attached hydrogens (primary N) is 1. The van der Waals surface area contributed by atoms with Crippen LogP contribution < -0.4 is 10.6 Å². The molecule has 0 bridgehead atoms. The maximum absolute atomic E-state index is 13.3. The number of nitrogens with zero attached hydrogens (tertiary/aromatic N) is 2. The predicted octanol–water partition coefficient (Wildman–Crippen LogP) is 2.70. The molecule has 0 fully saturated rings. The smallest absolute Gasteiger partial charge is 0.172 e. The highest BCUT2D eigenvalue weighted by atomic mass is 19.1. The maximum atomic E-state index is 13.3. The van der Waals surface area contributed by atoms with E-state index in [0.717, 1.165) is 5.56 Å². The van der Waals surface area contributed by atoms with Gasteiger partial charge in [-0.1, -0.05) is 17.3 Å². The van der Waals surface area contributed by atoms with Gasteiger partial charge in [0.05, 0.1) is 0 Å². The van der Waals surface area contributed by atoms with E-state index in [0.29, 0.717) is 17.8 Å². The summed E-state index contributed by atoms with van der Waals surface area (Å²) < 4.78 is 26.2. The zero-order valence-corrected chi connectivity index (χ0v) is 11.4. The minimum Gasteiger partial charge on any atom is -0.409 e. The third-order valence-electron chi connectivity index (χ3n) is 3.09. The number of anilines is 1. The molecule has 0 unspecified atom stereocenters. The van der Waals surface area contributed by atoms with Crippen molar-refractivity contribution >= 4 is 11.5 Å². The van der Waals surface area contributed by atoms with Gasteiger partial charge in [0.25, 0.3) is 0 Å². The van der Waals surface area contributed by atoms with Gasteiger partial charge in [-0.15, -0.1) is 0 Å². The lowest BCUT2D eigenvalue weighted by Crippen LogP contribution is -2.22. The molecule has 6 heteroatoms. The number of amidine groups is 1. The van der Waals surface area contributed by atoms with Gasteiger partial charge in [-0.2, -0.15) is 0 Å². The first-order chi connectivity index (χ1) is 10.0. The summed E-state index contributed by atoms with van der Waals surface area (Å²) in [4.78, 5) is 1.81. The van der Waals surface area contributed by atoms with Gasteiger partial charge >= 0.3 is 0 Å². The van der Waals surface area contributed by atoms with Crippen LogP contribution in [0.25, 0.3) is 0 Å². The summed E-state index contributed by atoms with van der Waals surface area (Å²) in [5.41, 5.74) is 7.36. The van der Waals surface area contributed by atoms with Crippen LogP contribution in [0.15, 0.2) is 47.6 Å².